The molecule has 0 unspecified atom stereocenters. The Labute approximate surface area is 279 Å². The molecule has 0 aliphatic heterocycles. The molecule has 2 nitrogen and oxygen atoms in total. The van der Waals surface area contributed by atoms with Crippen LogP contribution in [0.25, 0.3) is 67.4 Å². The highest BCUT2D eigenvalue weighted by Gasteiger charge is 2.19. The Kier molecular flexibility index (Phi) is 7.36. The van der Waals surface area contributed by atoms with Gasteiger partial charge in [0, 0.05) is 33.1 Å². The van der Waals surface area contributed by atoms with Crippen molar-refractivity contribution in [3.05, 3.63) is 144 Å². The summed E-state index contributed by atoms with van der Waals surface area (Å²) < 4.78 is 4.74. The average Bonchev–Trinajstić information content (AvgIpc) is 3.56. The van der Waals surface area contributed by atoms with E-state index in [1.54, 1.807) is 0 Å². The molecule has 5 aromatic carbocycles. The van der Waals surface area contributed by atoms with Crippen molar-refractivity contribution < 1.29 is 0 Å². The molecule has 7 aromatic rings. The van der Waals surface area contributed by atoms with Gasteiger partial charge in [-0.15, -0.1) is 0 Å². The van der Waals surface area contributed by atoms with Crippen LogP contribution in [0.2, 0.25) is 0 Å². The molecule has 0 saturated carbocycles. The van der Waals surface area contributed by atoms with Gasteiger partial charge in [-0.1, -0.05) is 115 Å². The van der Waals surface area contributed by atoms with Gasteiger partial charge in [0.1, 0.15) is 0 Å². The Hall–Kier alpha value is -5.08. The highest BCUT2D eigenvalue weighted by atomic mass is 15.0. The Morgan fingerprint density at radius 2 is 1.02 bits per heavy atom. The second-order valence-corrected chi connectivity index (χ2v) is 14.7. The van der Waals surface area contributed by atoms with Gasteiger partial charge in [0.15, 0.2) is 0 Å². The van der Waals surface area contributed by atoms with E-state index in [4.69, 9.17) is 0 Å². The van der Waals surface area contributed by atoms with Gasteiger partial charge in [-0.2, -0.15) is 0 Å². The maximum absolute atomic E-state index is 4.24. The summed E-state index contributed by atoms with van der Waals surface area (Å²) in [6, 6.07) is 40.6. The van der Waals surface area contributed by atoms with Crippen LogP contribution in [0.15, 0.2) is 122 Å². The van der Waals surface area contributed by atoms with Crippen LogP contribution in [0.5, 0.6) is 0 Å². The molecular formula is C45H44N2. The summed E-state index contributed by atoms with van der Waals surface area (Å²) in [5.74, 6) is 0. The third kappa shape index (κ3) is 5.22. The number of allylic oxidation sites excluding steroid dienone is 1. The summed E-state index contributed by atoms with van der Waals surface area (Å²) in [6.07, 6.45) is 6.32. The van der Waals surface area contributed by atoms with E-state index >= 15 is 0 Å². The number of fused-ring (bicyclic) bond motifs is 4. The third-order valence-electron chi connectivity index (χ3n) is 9.56. The maximum Gasteiger partial charge on any atom is 0.0541 e. The van der Waals surface area contributed by atoms with Crippen molar-refractivity contribution >= 4 is 44.9 Å². The molecule has 0 aliphatic rings. The molecule has 7 rings (SSSR count). The van der Waals surface area contributed by atoms with Crippen molar-refractivity contribution in [1.29, 1.82) is 0 Å². The molecule has 0 saturated heterocycles. The Balaban J connectivity index is 1.39. The topological polar surface area (TPSA) is 9.86 Å². The van der Waals surface area contributed by atoms with Crippen LogP contribution in [0.3, 0.4) is 0 Å². The van der Waals surface area contributed by atoms with Crippen molar-refractivity contribution in [2.24, 2.45) is 0 Å². The van der Waals surface area contributed by atoms with Crippen molar-refractivity contribution in [2.45, 2.75) is 59.3 Å². The van der Waals surface area contributed by atoms with Crippen LogP contribution in [0.1, 0.15) is 70.9 Å². The van der Waals surface area contributed by atoms with Gasteiger partial charge in [0.2, 0.25) is 0 Å². The smallest absolute Gasteiger partial charge is 0.0541 e. The molecule has 0 amide bonds. The quantitative estimate of drug-likeness (QED) is 0.183. The van der Waals surface area contributed by atoms with Crippen LogP contribution in [-0.4, -0.2) is 9.13 Å². The van der Waals surface area contributed by atoms with E-state index in [9.17, 15) is 0 Å². The first-order chi connectivity index (χ1) is 22.5. The van der Waals surface area contributed by atoms with E-state index in [0.717, 1.165) is 11.4 Å². The maximum atomic E-state index is 4.24. The van der Waals surface area contributed by atoms with E-state index in [0.29, 0.717) is 0 Å². The predicted octanol–water partition coefficient (Wildman–Crippen LogP) is 12.7. The molecule has 0 aliphatic carbocycles. The van der Waals surface area contributed by atoms with Crippen LogP contribution in [0, 0.1) is 0 Å². The summed E-state index contributed by atoms with van der Waals surface area (Å²) in [6.45, 7) is 19.9. The van der Waals surface area contributed by atoms with Crippen molar-refractivity contribution in [2.75, 3.05) is 0 Å². The first kappa shape index (κ1) is 30.6. The normalized spacial score (nSPS) is 12.6. The molecule has 0 atom stereocenters. The van der Waals surface area contributed by atoms with Gasteiger partial charge in [-0.25, -0.2) is 0 Å². The lowest BCUT2D eigenvalue weighted by Gasteiger charge is -2.19. The van der Waals surface area contributed by atoms with E-state index in [1.807, 2.05) is 6.08 Å². The lowest BCUT2D eigenvalue weighted by molar-refractivity contribution is 0.590. The number of aromatic nitrogens is 2. The zero-order valence-corrected chi connectivity index (χ0v) is 28.7. The minimum absolute atomic E-state index is 0.105. The lowest BCUT2D eigenvalue weighted by atomic mass is 9.87. The summed E-state index contributed by atoms with van der Waals surface area (Å²) >= 11 is 0. The summed E-state index contributed by atoms with van der Waals surface area (Å²) in [7, 11) is 0. The first-order valence-electron chi connectivity index (χ1n) is 16.7. The molecule has 0 N–H and O–H groups in total. The highest BCUT2D eigenvalue weighted by Crippen LogP contribution is 2.38. The van der Waals surface area contributed by atoms with E-state index in [2.05, 4.69) is 186 Å². The summed E-state index contributed by atoms with van der Waals surface area (Å²) in [5, 5.41) is 3.74. The monoisotopic (exact) mass is 612 g/mol. The zero-order chi connectivity index (χ0) is 33.1. The van der Waals surface area contributed by atoms with Gasteiger partial charge < -0.3 is 9.13 Å². The summed E-state index contributed by atoms with van der Waals surface area (Å²) in [5.41, 5.74) is 13.5. The zero-order valence-electron chi connectivity index (χ0n) is 28.7. The standard InChI is InChI=1S/C45H44N2/c1-9-13-36-38-28-30(16-26-42(38)46(40(36)10-2)34-22-18-32(19-23-34)44(3,4)5)31-17-27-43-39(29-31)37-14-11-12-15-41(37)47(43)35-24-20-33(21-25-35)45(6,7)8/h9-29H,2H2,1,3-8H3/b13-9-. The van der Waals surface area contributed by atoms with E-state index in [1.165, 1.54) is 66.2 Å². The van der Waals surface area contributed by atoms with E-state index < -0.39 is 0 Å². The molecule has 2 heteroatoms. The number of nitrogens with zero attached hydrogens (tertiary/aromatic N) is 2. The van der Waals surface area contributed by atoms with Gasteiger partial charge >= 0.3 is 0 Å². The SMILES string of the molecule is C=Cc1c(/C=C\C)c2cc(-c3ccc4c(c3)c3ccccc3n4-c3ccc(C(C)(C)C)cc3)ccc2n1-c1ccc(C(C)(C)C)cc1. The van der Waals surface area contributed by atoms with Crippen molar-refractivity contribution in [3.8, 4) is 22.5 Å². The summed E-state index contributed by atoms with van der Waals surface area (Å²) in [4.78, 5) is 0. The molecule has 0 bridgehead atoms. The fourth-order valence-electron chi connectivity index (χ4n) is 6.99. The van der Waals surface area contributed by atoms with Crippen LogP contribution >= 0.6 is 0 Å². The average molecular weight is 613 g/mol. The fraction of sp³-hybridized carbons (Fsp3) is 0.200. The molecule has 2 aromatic heterocycles. The molecular weight excluding hydrogens is 569 g/mol. The largest absolute Gasteiger partial charge is 0.309 e. The molecule has 2 heterocycles. The van der Waals surface area contributed by atoms with Crippen LogP contribution in [0.4, 0.5) is 0 Å². The minimum Gasteiger partial charge on any atom is -0.309 e. The number of rotatable bonds is 5. The third-order valence-corrected chi connectivity index (χ3v) is 9.56. The lowest BCUT2D eigenvalue weighted by Crippen LogP contribution is -2.11. The Morgan fingerprint density at radius 3 is 1.55 bits per heavy atom. The first-order valence-corrected chi connectivity index (χ1v) is 16.7. The van der Waals surface area contributed by atoms with Gasteiger partial charge in [0.25, 0.3) is 0 Å². The molecule has 47 heavy (non-hydrogen) atoms. The second kappa shape index (κ2) is 11.3. The second-order valence-electron chi connectivity index (χ2n) is 14.7. The van der Waals surface area contributed by atoms with Crippen LogP contribution in [-0.2, 0) is 10.8 Å². The number of para-hydroxylation sites is 1. The molecule has 0 spiro atoms. The van der Waals surface area contributed by atoms with Gasteiger partial charge in [-0.05, 0) is 101 Å². The van der Waals surface area contributed by atoms with Crippen molar-refractivity contribution in [3.63, 3.8) is 0 Å². The number of hydrogen-bond donors (Lipinski definition) is 0. The fourth-order valence-corrected chi connectivity index (χ4v) is 6.99. The number of benzene rings is 5. The van der Waals surface area contributed by atoms with Crippen molar-refractivity contribution in [1.82, 2.24) is 9.13 Å². The van der Waals surface area contributed by atoms with Gasteiger partial charge in [0.05, 0.1) is 22.2 Å². The molecule has 0 radical (unpaired) electrons. The predicted molar refractivity (Wildman–Crippen MR) is 205 cm³/mol. The minimum atomic E-state index is 0.105. The van der Waals surface area contributed by atoms with Gasteiger partial charge in [-0.3, -0.25) is 0 Å². The van der Waals surface area contributed by atoms with E-state index in [-0.39, 0.29) is 10.8 Å². The Bertz CT molecular complexity index is 2310. The highest BCUT2D eigenvalue weighted by molar-refractivity contribution is 6.10. The van der Waals surface area contributed by atoms with Crippen LogP contribution < -0.4 is 0 Å². The Morgan fingerprint density at radius 1 is 0.532 bits per heavy atom. The number of hydrogen-bond acceptors (Lipinski definition) is 0. The molecule has 0 fully saturated rings. The molecule has 234 valence electrons.